The van der Waals surface area contributed by atoms with Gasteiger partial charge in [0.05, 0.1) is 30.4 Å². The van der Waals surface area contributed by atoms with Gasteiger partial charge in [0.15, 0.2) is 0 Å². The van der Waals surface area contributed by atoms with Gasteiger partial charge in [-0.1, -0.05) is 36.4 Å². The predicted molar refractivity (Wildman–Crippen MR) is 126 cm³/mol. The summed E-state index contributed by atoms with van der Waals surface area (Å²) >= 11 is 0. The Morgan fingerprint density at radius 2 is 1.73 bits per heavy atom. The van der Waals surface area contributed by atoms with Crippen LogP contribution in [0.15, 0.2) is 82.3 Å². The fourth-order valence-electron chi connectivity index (χ4n) is 2.96. The maximum absolute atomic E-state index is 12.4. The van der Waals surface area contributed by atoms with Crippen molar-refractivity contribution in [3.05, 3.63) is 95.5 Å². The molecule has 3 rings (SSSR count). The Balaban J connectivity index is 1.53. The molecule has 0 saturated carbocycles. The summed E-state index contributed by atoms with van der Waals surface area (Å²) in [5.41, 5.74) is 2.74. The third-order valence-corrected chi connectivity index (χ3v) is 6.19. The van der Waals surface area contributed by atoms with E-state index in [9.17, 15) is 13.2 Å². The van der Waals surface area contributed by atoms with Gasteiger partial charge in [0.2, 0.25) is 15.9 Å². The summed E-state index contributed by atoms with van der Waals surface area (Å²) in [5.74, 6) is 0.283. The average molecular weight is 469 g/mol. The molecule has 3 aromatic rings. The van der Waals surface area contributed by atoms with Crippen LogP contribution in [0.2, 0.25) is 0 Å². The molecule has 0 atom stereocenters. The Labute approximate surface area is 194 Å². The minimum atomic E-state index is -3.66. The molecule has 33 heavy (non-hydrogen) atoms. The second-order valence-electron chi connectivity index (χ2n) is 7.65. The molecule has 0 spiro atoms. The fraction of sp³-hybridized carbons (Fsp3) is 0.240. The SMILES string of the molecule is CC(C)OCc1ccccc1CNC(=O)/C=C/c1ccc(S(=O)(=O)NCc2ccco2)cc1. The molecule has 0 bridgehead atoms. The molecule has 7 nitrogen and oxygen atoms in total. The minimum absolute atomic E-state index is 0.0733. The first-order valence-electron chi connectivity index (χ1n) is 10.6. The van der Waals surface area contributed by atoms with E-state index in [0.29, 0.717) is 24.5 Å². The van der Waals surface area contributed by atoms with E-state index in [0.717, 1.165) is 11.1 Å². The summed E-state index contributed by atoms with van der Waals surface area (Å²) in [4.78, 5) is 12.4. The van der Waals surface area contributed by atoms with Gasteiger partial charge in [-0.15, -0.1) is 0 Å². The van der Waals surface area contributed by atoms with Crippen LogP contribution in [0, 0.1) is 0 Å². The largest absolute Gasteiger partial charge is 0.468 e. The molecule has 0 saturated heterocycles. The molecule has 0 unspecified atom stereocenters. The van der Waals surface area contributed by atoms with Crippen LogP contribution in [-0.4, -0.2) is 20.4 Å². The van der Waals surface area contributed by atoms with E-state index < -0.39 is 10.0 Å². The number of carbonyl (C=O) groups is 1. The normalized spacial score (nSPS) is 11.8. The fourth-order valence-corrected chi connectivity index (χ4v) is 3.95. The van der Waals surface area contributed by atoms with Gasteiger partial charge in [-0.25, -0.2) is 13.1 Å². The monoisotopic (exact) mass is 468 g/mol. The van der Waals surface area contributed by atoms with Gasteiger partial charge in [0.25, 0.3) is 0 Å². The van der Waals surface area contributed by atoms with Crippen molar-refractivity contribution in [1.29, 1.82) is 0 Å². The van der Waals surface area contributed by atoms with Crippen molar-refractivity contribution in [1.82, 2.24) is 10.0 Å². The van der Waals surface area contributed by atoms with Crippen molar-refractivity contribution in [3.63, 3.8) is 0 Å². The molecule has 2 N–H and O–H groups in total. The third kappa shape index (κ3) is 7.71. The summed E-state index contributed by atoms with van der Waals surface area (Å²) in [6, 6.07) is 17.5. The molecule has 1 aromatic heterocycles. The van der Waals surface area contributed by atoms with Crippen LogP contribution in [0.1, 0.15) is 36.3 Å². The van der Waals surface area contributed by atoms with Crippen molar-refractivity contribution in [3.8, 4) is 0 Å². The van der Waals surface area contributed by atoms with Gasteiger partial charge in [-0.2, -0.15) is 0 Å². The number of hydrogen-bond donors (Lipinski definition) is 2. The Morgan fingerprint density at radius 1 is 1.00 bits per heavy atom. The van der Waals surface area contributed by atoms with Crippen molar-refractivity contribution >= 4 is 22.0 Å². The molecule has 174 valence electrons. The Kier molecular flexibility index (Phi) is 8.59. The Bertz CT molecular complexity index is 1170. The highest BCUT2D eigenvalue weighted by molar-refractivity contribution is 7.89. The molecule has 0 radical (unpaired) electrons. The first-order chi connectivity index (χ1) is 15.8. The molecule has 1 amide bonds. The van der Waals surface area contributed by atoms with E-state index in [1.807, 2.05) is 38.1 Å². The molecule has 2 aromatic carbocycles. The maximum Gasteiger partial charge on any atom is 0.244 e. The minimum Gasteiger partial charge on any atom is -0.468 e. The maximum atomic E-state index is 12.4. The second-order valence-corrected chi connectivity index (χ2v) is 9.42. The third-order valence-electron chi connectivity index (χ3n) is 4.78. The molecular formula is C25H28N2O5S. The summed E-state index contributed by atoms with van der Waals surface area (Å²) < 4.78 is 38.1. The van der Waals surface area contributed by atoms with E-state index in [4.69, 9.17) is 9.15 Å². The highest BCUT2D eigenvalue weighted by Crippen LogP contribution is 2.13. The van der Waals surface area contributed by atoms with E-state index in [1.54, 1.807) is 30.3 Å². The van der Waals surface area contributed by atoms with Crippen LogP contribution in [0.4, 0.5) is 0 Å². The zero-order chi connectivity index (χ0) is 23.7. The number of rotatable bonds is 11. The number of benzene rings is 2. The zero-order valence-electron chi connectivity index (χ0n) is 18.7. The average Bonchev–Trinajstić information content (AvgIpc) is 3.33. The molecule has 0 fully saturated rings. The van der Waals surface area contributed by atoms with Crippen molar-refractivity contribution in [2.24, 2.45) is 0 Å². The Morgan fingerprint density at radius 3 is 2.39 bits per heavy atom. The number of amides is 1. The van der Waals surface area contributed by atoms with Gasteiger partial charge in [-0.05, 0) is 60.9 Å². The van der Waals surface area contributed by atoms with Gasteiger partial charge in [0.1, 0.15) is 5.76 Å². The zero-order valence-corrected chi connectivity index (χ0v) is 19.5. The first-order valence-corrected chi connectivity index (χ1v) is 12.1. The lowest BCUT2D eigenvalue weighted by Gasteiger charge is -2.12. The number of nitrogens with one attached hydrogen (secondary N) is 2. The predicted octanol–water partition coefficient (Wildman–Crippen LogP) is 4.01. The van der Waals surface area contributed by atoms with E-state index in [2.05, 4.69) is 10.0 Å². The van der Waals surface area contributed by atoms with E-state index in [-0.39, 0.29) is 23.5 Å². The Hall–Kier alpha value is -3.20. The van der Waals surface area contributed by atoms with Gasteiger partial charge in [0, 0.05) is 12.6 Å². The summed E-state index contributed by atoms with van der Waals surface area (Å²) in [6.45, 7) is 4.91. The summed E-state index contributed by atoms with van der Waals surface area (Å²) in [6.07, 6.45) is 4.67. The quantitative estimate of drug-likeness (QED) is 0.415. The molecule has 0 aliphatic carbocycles. The first kappa shape index (κ1) is 24.4. The van der Waals surface area contributed by atoms with Crippen molar-refractivity contribution < 1.29 is 22.4 Å². The number of furan rings is 1. The second kappa shape index (κ2) is 11.6. The summed E-state index contributed by atoms with van der Waals surface area (Å²) in [5, 5.41) is 2.87. The topological polar surface area (TPSA) is 97.6 Å². The van der Waals surface area contributed by atoms with Gasteiger partial charge >= 0.3 is 0 Å². The molecular weight excluding hydrogens is 440 g/mol. The summed E-state index contributed by atoms with van der Waals surface area (Å²) in [7, 11) is -3.66. The smallest absolute Gasteiger partial charge is 0.244 e. The van der Waals surface area contributed by atoms with E-state index in [1.165, 1.54) is 24.5 Å². The standard InChI is InChI=1S/C25H28N2O5S/c1-19(2)32-18-22-7-4-3-6-21(22)16-26-25(28)14-11-20-9-12-24(13-10-20)33(29,30)27-17-23-8-5-15-31-23/h3-15,19,27H,16-18H2,1-2H3,(H,26,28)/b14-11+. The van der Waals surface area contributed by atoms with Gasteiger partial charge < -0.3 is 14.5 Å². The lowest BCUT2D eigenvalue weighted by molar-refractivity contribution is -0.116. The van der Waals surface area contributed by atoms with Crippen LogP contribution in [0.25, 0.3) is 6.08 Å². The number of hydrogen-bond acceptors (Lipinski definition) is 5. The van der Waals surface area contributed by atoms with Crippen LogP contribution in [0.5, 0.6) is 0 Å². The lowest BCUT2D eigenvalue weighted by Crippen LogP contribution is -2.22. The van der Waals surface area contributed by atoms with Crippen LogP contribution in [0.3, 0.4) is 0 Å². The molecule has 8 heteroatoms. The highest BCUT2D eigenvalue weighted by atomic mass is 32.2. The number of sulfonamides is 1. The lowest BCUT2D eigenvalue weighted by atomic mass is 10.1. The molecule has 1 heterocycles. The molecule has 0 aliphatic rings. The van der Waals surface area contributed by atoms with Crippen molar-refractivity contribution in [2.45, 2.75) is 44.5 Å². The van der Waals surface area contributed by atoms with Crippen molar-refractivity contribution in [2.75, 3.05) is 0 Å². The van der Waals surface area contributed by atoms with E-state index >= 15 is 0 Å². The number of carbonyl (C=O) groups excluding carboxylic acids is 1. The van der Waals surface area contributed by atoms with Crippen LogP contribution >= 0.6 is 0 Å². The van der Waals surface area contributed by atoms with Gasteiger partial charge in [-0.3, -0.25) is 4.79 Å². The van der Waals surface area contributed by atoms with Crippen LogP contribution in [-0.2, 0) is 39.3 Å². The van der Waals surface area contributed by atoms with Crippen LogP contribution < -0.4 is 10.0 Å². The highest BCUT2D eigenvalue weighted by Gasteiger charge is 2.14. The molecule has 0 aliphatic heterocycles. The number of ether oxygens (including phenoxy) is 1.